The van der Waals surface area contributed by atoms with Crippen molar-refractivity contribution in [2.24, 2.45) is 0 Å². The third-order valence-electron chi connectivity index (χ3n) is 3.96. The summed E-state index contributed by atoms with van der Waals surface area (Å²) in [5, 5.41) is 12.0. The van der Waals surface area contributed by atoms with Gasteiger partial charge in [0.1, 0.15) is 0 Å². The fourth-order valence-electron chi connectivity index (χ4n) is 2.64. The molecule has 1 aromatic carbocycles. The third kappa shape index (κ3) is 4.46. The van der Waals surface area contributed by atoms with Crippen molar-refractivity contribution in [1.29, 1.82) is 0 Å². The second-order valence-corrected chi connectivity index (χ2v) is 7.04. The number of rotatable bonds is 8. The molecule has 2 N–H and O–H groups in total. The minimum absolute atomic E-state index is 0.0301. The normalized spacial score (nSPS) is 10.8. The molecule has 0 aliphatic carbocycles. The summed E-state index contributed by atoms with van der Waals surface area (Å²) in [6, 6.07) is 11.9. The molecule has 2 aromatic heterocycles. The summed E-state index contributed by atoms with van der Waals surface area (Å²) < 4.78 is 7.58. The Morgan fingerprint density at radius 2 is 2.12 bits per heavy atom. The number of ether oxygens (including phenoxy) is 1. The summed E-state index contributed by atoms with van der Waals surface area (Å²) in [5.74, 6) is 0.737. The number of methoxy groups -OCH3 is 1. The van der Waals surface area contributed by atoms with Crippen LogP contribution in [0.5, 0.6) is 0 Å². The predicted molar refractivity (Wildman–Crippen MR) is 104 cm³/mol. The van der Waals surface area contributed by atoms with Crippen molar-refractivity contribution in [1.82, 2.24) is 20.1 Å². The van der Waals surface area contributed by atoms with E-state index in [-0.39, 0.29) is 5.91 Å². The highest BCUT2D eigenvalue weighted by Crippen LogP contribution is 2.22. The number of carbonyl (C=O) groups is 1. The molecule has 6 nitrogen and oxygen atoms in total. The number of hydrogen-bond acceptors (Lipinski definition) is 5. The smallest absolute Gasteiger partial charge is 0.222 e. The van der Waals surface area contributed by atoms with Gasteiger partial charge in [0.2, 0.25) is 5.91 Å². The first-order chi connectivity index (χ1) is 12.7. The Kier molecular flexibility index (Phi) is 6.32. The lowest BCUT2D eigenvalue weighted by Crippen LogP contribution is -2.24. The molecule has 1 amide bonds. The second-order valence-electron chi connectivity index (χ2n) is 5.71. The van der Waals surface area contributed by atoms with E-state index in [4.69, 9.17) is 17.0 Å². The van der Waals surface area contributed by atoms with Crippen LogP contribution < -0.4 is 5.32 Å². The molecule has 0 atom stereocenters. The number of nitrogens with zero attached hydrogens (tertiary/aromatic N) is 2. The van der Waals surface area contributed by atoms with Crippen LogP contribution in [0.3, 0.4) is 0 Å². The van der Waals surface area contributed by atoms with Crippen molar-refractivity contribution in [2.75, 3.05) is 7.11 Å². The summed E-state index contributed by atoms with van der Waals surface area (Å²) in [4.78, 5) is 13.3. The van der Waals surface area contributed by atoms with Gasteiger partial charge < -0.3 is 10.1 Å². The maximum atomic E-state index is 12.3. The van der Waals surface area contributed by atoms with Crippen LogP contribution in [0.15, 0.2) is 41.8 Å². The molecule has 8 heteroatoms. The Balaban J connectivity index is 1.59. The van der Waals surface area contributed by atoms with Gasteiger partial charge in [-0.15, -0.1) is 11.3 Å². The first-order valence-corrected chi connectivity index (χ1v) is 9.49. The Morgan fingerprint density at radius 1 is 1.31 bits per heavy atom. The highest BCUT2D eigenvalue weighted by Gasteiger charge is 2.11. The highest BCUT2D eigenvalue weighted by atomic mass is 32.1. The van der Waals surface area contributed by atoms with Gasteiger partial charge in [-0.05, 0) is 34.8 Å². The van der Waals surface area contributed by atoms with Gasteiger partial charge in [-0.1, -0.05) is 30.3 Å². The standard InChI is InChI=1S/C18H20N4O2S2/c1-24-12-14-6-3-2-5-13(14)11-19-16(23)8-9-22-17(20-21-18(22)25)15-7-4-10-26-15/h2-7,10H,8-9,11-12H2,1H3,(H,19,23)(H,21,25). The predicted octanol–water partition coefficient (Wildman–Crippen LogP) is 3.52. The number of nitrogens with one attached hydrogen (secondary N) is 2. The van der Waals surface area contributed by atoms with E-state index in [1.165, 1.54) is 0 Å². The number of carbonyl (C=O) groups excluding carboxylic acids is 1. The van der Waals surface area contributed by atoms with Gasteiger partial charge in [-0.3, -0.25) is 14.5 Å². The van der Waals surface area contributed by atoms with E-state index in [1.54, 1.807) is 18.4 Å². The Bertz CT molecular complexity index is 915. The van der Waals surface area contributed by atoms with Crippen molar-refractivity contribution in [3.63, 3.8) is 0 Å². The van der Waals surface area contributed by atoms with Gasteiger partial charge in [0, 0.05) is 26.6 Å². The molecule has 0 radical (unpaired) electrons. The second kappa shape index (κ2) is 8.88. The van der Waals surface area contributed by atoms with E-state index < -0.39 is 0 Å². The molecule has 3 aromatic rings. The highest BCUT2D eigenvalue weighted by molar-refractivity contribution is 7.71. The summed E-state index contributed by atoms with van der Waals surface area (Å²) in [7, 11) is 1.66. The van der Waals surface area contributed by atoms with E-state index in [2.05, 4.69) is 15.5 Å². The van der Waals surface area contributed by atoms with Crippen molar-refractivity contribution in [3.8, 4) is 10.7 Å². The first-order valence-electron chi connectivity index (χ1n) is 8.20. The lowest BCUT2D eigenvalue weighted by Gasteiger charge is -2.10. The van der Waals surface area contributed by atoms with Gasteiger partial charge in [0.15, 0.2) is 10.6 Å². The van der Waals surface area contributed by atoms with Crippen molar-refractivity contribution in [2.45, 2.75) is 26.1 Å². The fraction of sp³-hybridized carbons (Fsp3) is 0.278. The minimum atomic E-state index is -0.0301. The van der Waals surface area contributed by atoms with Crippen molar-refractivity contribution < 1.29 is 9.53 Å². The van der Waals surface area contributed by atoms with E-state index in [0.29, 0.717) is 30.9 Å². The van der Waals surface area contributed by atoms with Crippen LogP contribution in [0, 0.1) is 4.77 Å². The molecule has 0 aliphatic heterocycles. The largest absolute Gasteiger partial charge is 0.380 e. The van der Waals surface area contributed by atoms with Gasteiger partial charge in [-0.2, -0.15) is 5.10 Å². The van der Waals surface area contributed by atoms with Gasteiger partial charge in [-0.25, -0.2) is 0 Å². The number of amides is 1. The van der Waals surface area contributed by atoms with Crippen LogP contribution in [0.4, 0.5) is 0 Å². The van der Waals surface area contributed by atoms with E-state index in [9.17, 15) is 4.79 Å². The molecule has 0 aliphatic rings. The topological polar surface area (TPSA) is 71.9 Å². The van der Waals surface area contributed by atoms with Crippen molar-refractivity contribution >= 4 is 29.5 Å². The van der Waals surface area contributed by atoms with Crippen LogP contribution in [0.1, 0.15) is 17.5 Å². The first kappa shape index (κ1) is 18.5. The lowest BCUT2D eigenvalue weighted by molar-refractivity contribution is -0.121. The molecule has 0 saturated carbocycles. The monoisotopic (exact) mass is 388 g/mol. The Labute approximate surface area is 160 Å². The number of aromatic nitrogens is 3. The maximum Gasteiger partial charge on any atom is 0.222 e. The molecule has 0 saturated heterocycles. The summed E-state index contributed by atoms with van der Waals surface area (Å²) in [6.45, 7) is 1.49. The van der Waals surface area contributed by atoms with Crippen LogP contribution in [0.2, 0.25) is 0 Å². The molecule has 136 valence electrons. The molecule has 26 heavy (non-hydrogen) atoms. The summed E-state index contributed by atoms with van der Waals surface area (Å²) in [6.07, 6.45) is 0.332. The molecule has 0 spiro atoms. The number of aromatic amines is 1. The van der Waals surface area contributed by atoms with Gasteiger partial charge in [0.05, 0.1) is 11.5 Å². The summed E-state index contributed by atoms with van der Waals surface area (Å²) >= 11 is 6.88. The Morgan fingerprint density at radius 3 is 2.85 bits per heavy atom. The van der Waals surface area contributed by atoms with E-state index in [1.807, 2.05) is 46.3 Å². The van der Waals surface area contributed by atoms with Crippen LogP contribution in [-0.4, -0.2) is 27.8 Å². The molecular formula is C18H20N4O2S2. The van der Waals surface area contributed by atoms with Gasteiger partial charge >= 0.3 is 0 Å². The minimum Gasteiger partial charge on any atom is -0.380 e. The number of benzene rings is 1. The molecule has 2 heterocycles. The van der Waals surface area contributed by atoms with E-state index in [0.717, 1.165) is 21.8 Å². The zero-order valence-corrected chi connectivity index (χ0v) is 16.0. The van der Waals surface area contributed by atoms with Crippen molar-refractivity contribution in [3.05, 3.63) is 57.7 Å². The summed E-state index contributed by atoms with van der Waals surface area (Å²) in [5.41, 5.74) is 2.13. The molecule has 3 rings (SSSR count). The zero-order chi connectivity index (χ0) is 18.4. The van der Waals surface area contributed by atoms with Crippen LogP contribution in [-0.2, 0) is 29.2 Å². The van der Waals surface area contributed by atoms with Crippen LogP contribution in [0.25, 0.3) is 10.7 Å². The Hall–Kier alpha value is -2.29. The molecule has 0 fully saturated rings. The average Bonchev–Trinajstić information content (AvgIpc) is 3.29. The average molecular weight is 389 g/mol. The number of thiophene rings is 1. The SMILES string of the molecule is COCc1ccccc1CNC(=O)CCn1c(-c2cccs2)n[nH]c1=S. The molecule has 0 bridgehead atoms. The van der Waals surface area contributed by atoms with Crippen LogP contribution >= 0.6 is 23.6 Å². The molecular weight excluding hydrogens is 368 g/mol. The van der Waals surface area contributed by atoms with Gasteiger partial charge in [0.25, 0.3) is 0 Å². The van der Waals surface area contributed by atoms with E-state index >= 15 is 0 Å². The third-order valence-corrected chi connectivity index (χ3v) is 5.13. The number of H-pyrrole nitrogens is 1. The fourth-order valence-corrected chi connectivity index (χ4v) is 3.59. The lowest BCUT2D eigenvalue weighted by atomic mass is 10.1. The molecule has 0 unspecified atom stereocenters. The quantitative estimate of drug-likeness (QED) is 0.579. The number of hydrogen-bond donors (Lipinski definition) is 2. The maximum absolute atomic E-state index is 12.3. The zero-order valence-electron chi connectivity index (χ0n) is 14.4.